The molecule has 2 rings (SSSR count). The van der Waals surface area contributed by atoms with E-state index in [0.717, 1.165) is 18.9 Å². The Hall–Kier alpha value is -1.14. The van der Waals surface area contributed by atoms with Crippen LogP contribution in [0, 0.1) is 5.82 Å². The molecule has 1 amide bonds. The summed E-state index contributed by atoms with van der Waals surface area (Å²) in [6.07, 6.45) is 3.33. The predicted molar refractivity (Wildman–Crippen MR) is 74.3 cm³/mol. The van der Waals surface area contributed by atoms with Gasteiger partial charge < -0.3 is 16.2 Å². The van der Waals surface area contributed by atoms with E-state index in [4.69, 9.17) is 5.73 Å². The van der Waals surface area contributed by atoms with Crippen LogP contribution in [0.5, 0.6) is 0 Å². The van der Waals surface area contributed by atoms with E-state index < -0.39 is 11.4 Å². The third-order valence-electron chi connectivity index (χ3n) is 3.44. The van der Waals surface area contributed by atoms with Gasteiger partial charge in [-0.25, -0.2) is 4.39 Å². The summed E-state index contributed by atoms with van der Waals surface area (Å²) in [7, 11) is 0. The lowest BCUT2D eigenvalue weighted by Gasteiger charge is -2.22. The minimum Gasteiger partial charge on any atom is -0.396 e. The van der Waals surface area contributed by atoms with Crippen molar-refractivity contribution in [1.82, 2.24) is 5.32 Å². The Kier molecular flexibility index (Phi) is 4.10. The quantitative estimate of drug-likeness (QED) is 0.744. The van der Waals surface area contributed by atoms with E-state index in [9.17, 15) is 14.3 Å². The Balaban J connectivity index is 2.06. The van der Waals surface area contributed by atoms with E-state index in [1.165, 1.54) is 6.07 Å². The first-order chi connectivity index (χ1) is 8.91. The van der Waals surface area contributed by atoms with E-state index >= 15 is 0 Å². The van der Waals surface area contributed by atoms with Crippen molar-refractivity contribution in [3.63, 3.8) is 0 Å². The van der Waals surface area contributed by atoms with E-state index in [1.54, 1.807) is 0 Å². The van der Waals surface area contributed by atoms with Crippen LogP contribution in [0.4, 0.5) is 10.1 Å². The molecule has 1 aromatic rings. The van der Waals surface area contributed by atoms with Gasteiger partial charge in [0.25, 0.3) is 5.91 Å². The minimum absolute atomic E-state index is 0.0760. The van der Waals surface area contributed by atoms with Crippen LogP contribution in [0.3, 0.4) is 0 Å². The van der Waals surface area contributed by atoms with Crippen molar-refractivity contribution in [3.05, 3.63) is 28.0 Å². The maximum Gasteiger partial charge on any atom is 0.252 e. The molecule has 0 bridgehead atoms. The van der Waals surface area contributed by atoms with E-state index in [-0.39, 0.29) is 23.7 Å². The second kappa shape index (κ2) is 5.46. The van der Waals surface area contributed by atoms with Crippen molar-refractivity contribution in [3.8, 4) is 0 Å². The number of nitrogens with one attached hydrogen (secondary N) is 1. The van der Waals surface area contributed by atoms with Gasteiger partial charge in [0.2, 0.25) is 0 Å². The van der Waals surface area contributed by atoms with Crippen LogP contribution in [-0.2, 0) is 0 Å². The third kappa shape index (κ3) is 3.25. The molecule has 1 saturated carbocycles. The van der Waals surface area contributed by atoms with Crippen molar-refractivity contribution in [2.75, 3.05) is 12.3 Å². The molecule has 4 N–H and O–H groups in total. The largest absolute Gasteiger partial charge is 0.396 e. The number of anilines is 1. The first-order valence-corrected chi connectivity index (χ1v) is 6.96. The average Bonchev–Trinajstić information content (AvgIpc) is 2.78. The molecule has 1 fully saturated rings. The lowest BCUT2D eigenvalue weighted by atomic mass is 10.0. The Morgan fingerprint density at radius 1 is 1.47 bits per heavy atom. The fraction of sp³-hybridized carbons (Fsp3) is 0.462. The molecule has 19 heavy (non-hydrogen) atoms. The van der Waals surface area contributed by atoms with E-state index in [2.05, 4.69) is 21.2 Å². The summed E-state index contributed by atoms with van der Waals surface area (Å²) >= 11 is 3.13. The molecule has 0 unspecified atom stereocenters. The van der Waals surface area contributed by atoms with Gasteiger partial charge in [-0.15, -0.1) is 0 Å². The number of carbonyl (C=O) groups excluding carboxylic acids is 1. The molecule has 0 spiro atoms. The number of hydrogen-bond acceptors (Lipinski definition) is 3. The van der Waals surface area contributed by atoms with E-state index in [1.807, 2.05) is 0 Å². The smallest absolute Gasteiger partial charge is 0.252 e. The molecule has 6 heteroatoms. The SMILES string of the molecule is Nc1cc(C(=O)NCC2(O)CCCC2)c(Br)cc1F. The Bertz CT molecular complexity index is 502. The topological polar surface area (TPSA) is 75.4 Å². The summed E-state index contributed by atoms with van der Waals surface area (Å²) in [5, 5.41) is 12.8. The number of hydrogen-bond donors (Lipinski definition) is 3. The molecule has 0 aliphatic heterocycles. The van der Waals surface area contributed by atoms with Gasteiger partial charge in [0, 0.05) is 11.0 Å². The van der Waals surface area contributed by atoms with Gasteiger partial charge in [0.15, 0.2) is 0 Å². The summed E-state index contributed by atoms with van der Waals surface area (Å²) in [4.78, 5) is 12.0. The molecule has 0 heterocycles. The van der Waals surface area contributed by atoms with Crippen molar-refractivity contribution < 1.29 is 14.3 Å². The fourth-order valence-electron chi connectivity index (χ4n) is 2.29. The summed E-state index contributed by atoms with van der Waals surface area (Å²) in [6.45, 7) is 0.204. The lowest BCUT2D eigenvalue weighted by molar-refractivity contribution is 0.0449. The maximum absolute atomic E-state index is 13.2. The first kappa shape index (κ1) is 14.3. The monoisotopic (exact) mass is 330 g/mol. The normalized spacial score (nSPS) is 17.4. The molecule has 4 nitrogen and oxygen atoms in total. The van der Waals surface area contributed by atoms with Crippen LogP contribution >= 0.6 is 15.9 Å². The number of benzene rings is 1. The molecule has 1 aliphatic carbocycles. The standard InChI is InChI=1S/C13H16BrFN2O2/c14-9-6-10(15)11(16)5-8(9)12(18)17-7-13(19)3-1-2-4-13/h5-6,19H,1-4,7,16H2,(H,17,18). The van der Waals surface area contributed by atoms with Gasteiger partial charge in [-0.05, 0) is 40.9 Å². The third-order valence-corrected chi connectivity index (χ3v) is 4.10. The zero-order valence-electron chi connectivity index (χ0n) is 10.4. The van der Waals surface area contributed by atoms with Crippen molar-refractivity contribution in [2.45, 2.75) is 31.3 Å². The highest BCUT2D eigenvalue weighted by Crippen LogP contribution is 2.29. The maximum atomic E-state index is 13.2. The van der Waals surface area contributed by atoms with Crippen molar-refractivity contribution in [1.29, 1.82) is 0 Å². The van der Waals surface area contributed by atoms with Gasteiger partial charge in [0.05, 0.1) is 16.9 Å². The van der Waals surface area contributed by atoms with Gasteiger partial charge >= 0.3 is 0 Å². The molecular formula is C13H16BrFN2O2. The Morgan fingerprint density at radius 3 is 2.74 bits per heavy atom. The summed E-state index contributed by atoms with van der Waals surface area (Å²) < 4.78 is 13.5. The molecule has 0 aromatic heterocycles. The molecule has 1 aromatic carbocycles. The molecule has 0 atom stereocenters. The fourth-order valence-corrected chi connectivity index (χ4v) is 2.79. The molecular weight excluding hydrogens is 315 g/mol. The zero-order valence-corrected chi connectivity index (χ0v) is 12.0. The molecule has 104 valence electrons. The van der Waals surface area contributed by atoms with Crippen molar-refractivity contribution >= 4 is 27.5 Å². The highest BCUT2D eigenvalue weighted by atomic mass is 79.9. The van der Waals surface area contributed by atoms with Crippen LogP contribution in [0.2, 0.25) is 0 Å². The highest BCUT2D eigenvalue weighted by molar-refractivity contribution is 9.10. The predicted octanol–water partition coefficient (Wildman–Crippen LogP) is 2.21. The number of nitrogens with two attached hydrogens (primary N) is 1. The van der Waals surface area contributed by atoms with Crippen molar-refractivity contribution in [2.24, 2.45) is 0 Å². The first-order valence-electron chi connectivity index (χ1n) is 6.16. The zero-order chi connectivity index (χ0) is 14.0. The van der Waals surface area contributed by atoms with Gasteiger partial charge in [-0.2, -0.15) is 0 Å². The highest BCUT2D eigenvalue weighted by Gasteiger charge is 2.31. The van der Waals surface area contributed by atoms with Gasteiger partial charge in [-0.3, -0.25) is 4.79 Å². The van der Waals surface area contributed by atoms with Crippen LogP contribution in [0.25, 0.3) is 0 Å². The number of halogens is 2. The lowest BCUT2D eigenvalue weighted by Crippen LogP contribution is -2.40. The second-order valence-electron chi connectivity index (χ2n) is 4.97. The van der Waals surface area contributed by atoms with Crippen LogP contribution in [0.1, 0.15) is 36.0 Å². The molecule has 1 aliphatic rings. The number of amides is 1. The van der Waals surface area contributed by atoms with Crippen LogP contribution in [-0.4, -0.2) is 23.2 Å². The van der Waals surface area contributed by atoms with Crippen LogP contribution < -0.4 is 11.1 Å². The Morgan fingerprint density at radius 2 is 2.11 bits per heavy atom. The number of carbonyl (C=O) groups is 1. The second-order valence-corrected chi connectivity index (χ2v) is 5.82. The average molecular weight is 331 g/mol. The minimum atomic E-state index is -0.812. The van der Waals surface area contributed by atoms with Gasteiger partial charge in [-0.1, -0.05) is 12.8 Å². The molecule has 0 radical (unpaired) electrons. The Labute approximate surface area is 119 Å². The number of rotatable bonds is 3. The summed E-state index contributed by atoms with van der Waals surface area (Å²) in [5.41, 5.74) is 4.82. The summed E-state index contributed by atoms with van der Waals surface area (Å²) in [5.74, 6) is -0.947. The number of nitrogen functional groups attached to an aromatic ring is 1. The van der Waals surface area contributed by atoms with Gasteiger partial charge in [0.1, 0.15) is 5.82 Å². The van der Waals surface area contributed by atoms with E-state index in [0.29, 0.717) is 17.3 Å². The molecule has 0 saturated heterocycles. The number of aliphatic hydroxyl groups is 1. The summed E-state index contributed by atoms with van der Waals surface area (Å²) in [6, 6.07) is 2.45. The van der Waals surface area contributed by atoms with Crippen LogP contribution in [0.15, 0.2) is 16.6 Å².